The third-order valence-corrected chi connectivity index (χ3v) is 3.78. The van der Waals surface area contributed by atoms with Crippen LogP contribution in [0.2, 0.25) is 0 Å². The van der Waals surface area contributed by atoms with E-state index in [4.69, 9.17) is 4.74 Å². The SMILES string of the molecule is CCOc1ccc(C(=O)NCCc2cnn(-c3ccccc3)c2)cc1. The van der Waals surface area contributed by atoms with E-state index in [0.717, 1.165) is 23.4 Å². The monoisotopic (exact) mass is 335 g/mol. The Bertz CT molecular complexity index is 810. The van der Waals surface area contributed by atoms with Gasteiger partial charge in [0.05, 0.1) is 18.5 Å². The van der Waals surface area contributed by atoms with E-state index < -0.39 is 0 Å². The van der Waals surface area contributed by atoms with Crippen LogP contribution in [0, 0.1) is 0 Å². The average molecular weight is 335 g/mol. The fraction of sp³-hybridized carbons (Fsp3) is 0.200. The van der Waals surface area contributed by atoms with Crippen molar-refractivity contribution in [2.24, 2.45) is 0 Å². The van der Waals surface area contributed by atoms with Crippen LogP contribution in [0.3, 0.4) is 0 Å². The predicted octanol–water partition coefficient (Wildman–Crippen LogP) is 3.24. The molecule has 1 amide bonds. The molecule has 0 atom stereocenters. The summed E-state index contributed by atoms with van der Waals surface area (Å²) in [5.41, 5.74) is 2.73. The molecule has 0 unspecified atom stereocenters. The number of hydrogen-bond donors (Lipinski definition) is 1. The van der Waals surface area contributed by atoms with Gasteiger partial charge in [-0.3, -0.25) is 4.79 Å². The third kappa shape index (κ3) is 4.47. The molecule has 25 heavy (non-hydrogen) atoms. The number of benzene rings is 2. The van der Waals surface area contributed by atoms with Gasteiger partial charge in [0, 0.05) is 18.3 Å². The highest BCUT2D eigenvalue weighted by Gasteiger charge is 2.06. The van der Waals surface area contributed by atoms with Crippen LogP contribution in [0.1, 0.15) is 22.8 Å². The molecule has 3 rings (SSSR count). The molecule has 0 saturated carbocycles. The van der Waals surface area contributed by atoms with Gasteiger partial charge in [-0.25, -0.2) is 4.68 Å². The number of rotatable bonds is 7. The highest BCUT2D eigenvalue weighted by molar-refractivity contribution is 5.94. The quantitative estimate of drug-likeness (QED) is 0.721. The van der Waals surface area contributed by atoms with Gasteiger partial charge < -0.3 is 10.1 Å². The third-order valence-electron chi connectivity index (χ3n) is 3.78. The van der Waals surface area contributed by atoms with Crippen LogP contribution in [0.25, 0.3) is 5.69 Å². The maximum absolute atomic E-state index is 12.2. The van der Waals surface area contributed by atoms with E-state index in [9.17, 15) is 4.79 Å². The molecule has 0 aliphatic rings. The summed E-state index contributed by atoms with van der Waals surface area (Å²) in [6, 6.07) is 17.1. The normalized spacial score (nSPS) is 10.4. The van der Waals surface area contributed by atoms with Crippen molar-refractivity contribution < 1.29 is 9.53 Å². The van der Waals surface area contributed by atoms with Crippen molar-refractivity contribution in [1.29, 1.82) is 0 Å². The van der Waals surface area contributed by atoms with Gasteiger partial charge in [-0.2, -0.15) is 5.10 Å². The topological polar surface area (TPSA) is 56.1 Å². The number of nitrogens with one attached hydrogen (secondary N) is 1. The van der Waals surface area contributed by atoms with Gasteiger partial charge in [-0.05, 0) is 55.3 Å². The zero-order valence-corrected chi connectivity index (χ0v) is 14.2. The van der Waals surface area contributed by atoms with Crippen LogP contribution in [-0.2, 0) is 6.42 Å². The average Bonchev–Trinajstić information content (AvgIpc) is 3.12. The molecule has 0 bridgehead atoms. The Hall–Kier alpha value is -3.08. The molecule has 2 aromatic carbocycles. The molecule has 1 N–H and O–H groups in total. The summed E-state index contributed by atoms with van der Waals surface area (Å²) in [6.45, 7) is 3.11. The smallest absolute Gasteiger partial charge is 0.251 e. The van der Waals surface area contributed by atoms with Crippen molar-refractivity contribution in [3.05, 3.63) is 78.1 Å². The summed E-state index contributed by atoms with van der Waals surface area (Å²) in [5.74, 6) is 0.686. The van der Waals surface area contributed by atoms with Crippen LogP contribution < -0.4 is 10.1 Å². The summed E-state index contributed by atoms with van der Waals surface area (Å²) in [7, 11) is 0. The minimum Gasteiger partial charge on any atom is -0.494 e. The molecular weight excluding hydrogens is 314 g/mol. The van der Waals surface area contributed by atoms with E-state index in [2.05, 4.69) is 10.4 Å². The number of nitrogens with zero attached hydrogens (tertiary/aromatic N) is 2. The first kappa shape index (κ1) is 16.8. The predicted molar refractivity (Wildman–Crippen MR) is 97.2 cm³/mol. The number of hydrogen-bond acceptors (Lipinski definition) is 3. The van der Waals surface area contributed by atoms with E-state index in [-0.39, 0.29) is 5.91 Å². The molecule has 0 aliphatic carbocycles. The molecule has 0 spiro atoms. The van der Waals surface area contributed by atoms with E-state index in [1.165, 1.54) is 0 Å². The van der Waals surface area contributed by atoms with Crippen molar-refractivity contribution in [3.63, 3.8) is 0 Å². The summed E-state index contributed by atoms with van der Waals surface area (Å²) < 4.78 is 7.21. The summed E-state index contributed by atoms with van der Waals surface area (Å²) in [4.78, 5) is 12.2. The Balaban J connectivity index is 1.51. The van der Waals surface area contributed by atoms with Gasteiger partial charge in [-0.15, -0.1) is 0 Å². The fourth-order valence-corrected chi connectivity index (χ4v) is 2.50. The van der Waals surface area contributed by atoms with Gasteiger partial charge in [0.1, 0.15) is 5.75 Å². The van der Waals surface area contributed by atoms with E-state index in [1.807, 2.05) is 66.5 Å². The number of carbonyl (C=O) groups excluding carboxylic acids is 1. The lowest BCUT2D eigenvalue weighted by molar-refractivity contribution is 0.0954. The van der Waals surface area contributed by atoms with Crippen molar-refractivity contribution in [2.45, 2.75) is 13.3 Å². The molecule has 0 saturated heterocycles. The second kappa shape index (κ2) is 8.15. The van der Waals surface area contributed by atoms with Crippen molar-refractivity contribution in [1.82, 2.24) is 15.1 Å². The van der Waals surface area contributed by atoms with Crippen molar-refractivity contribution in [3.8, 4) is 11.4 Å². The second-order valence-electron chi connectivity index (χ2n) is 5.59. The zero-order valence-electron chi connectivity index (χ0n) is 14.2. The molecule has 5 nitrogen and oxygen atoms in total. The lowest BCUT2D eigenvalue weighted by atomic mass is 10.2. The van der Waals surface area contributed by atoms with Gasteiger partial charge in [0.2, 0.25) is 0 Å². The number of ether oxygens (including phenoxy) is 1. The minimum absolute atomic E-state index is 0.0847. The fourth-order valence-electron chi connectivity index (χ4n) is 2.50. The van der Waals surface area contributed by atoms with Gasteiger partial charge in [0.15, 0.2) is 0 Å². The molecule has 128 valence electrons. The molecule has 5 heteroatoms. The Kier molecular flexibility index (Phi) is 5.46. The maximum Gasteiger partial charge on any atom is 0.251 e. The lowest BCUT2D eigenvalue weighted by Gasteiger charge is -2.06. The summed E-state index contributed by atoms with van der Waals surface area (Å²) >= 11 is 0. The molecular formula is C20H21N3O2. The molecule has 3 aromatic rings. The number of para-hydroxylation sites is 1. The van der Waals surface area contributed by atoms with Crippen LogP contribution in [0.5, 0.6) is 5.75 Å². The molecule has 0 fully saturated rings. The van der Waals surface area contributed by atoms with Crippen molar-refractivity contribution in [2.75, 3.05) is 13.2 Å². The van der Waals surface area contributed by atoms with Crippen LogP contribution >= 0.6 is 0 Å². The van der Waals surface area contributed by atoms with Crippen LogP contribution in [0.4, 0.5) is 0 Å². The largest absolute Gasteiger partial charge is 0.494 e. The molecule has 0 radical (unpaired) electrons. The Morgan fingerprint density at radius 1 is 1.12 bits per heavy atom. The summed E-state index contributed by atoms with van der Waals surface area (Å²) in [5, 5.41) is 7.29. The second-order valence-corrected chi connectivity index (χ2v) is 5.59. The molecule has 1 heterocycles. The van der Waals surface area contributed by atoms with E-state index in [0.29, 0.717) is 18.7 Å². The van der Waals surface area contributed by atoms with Crippen molar-refractivity contribution >= 4 is 5.91 Å². The Morgan fingerprint density at radius 2 is 1.88 bits per heavy atom. The number of carbonyl (C=O) groups is 1. The standard InChI is InChI=1S/C20H21N3O2/c1-2-25-19-10-8-17(9-11-19)20(24)21-13-12-16-14-22-23(15-16)18-6-4-3-5-7-18/h3-11,14-15H,2,12-13H2,1H3,(H,21,24). The number of aromatic nitrogens is 2. The highest BCUT2D eigenvalue weighted by atomic mass is 16.5. The van der Waals surface area contributed by atoms with Gasteiger partial charge >= 0.3 is 0 Å². The Labute approximate surface area is 147 Å². The Morgan fingerprint density at radius 3 is 2.60 bits per heavy atom. The summed E-state index contributed by atoms with van der Waals surface area (Å²) in [6.07, 6.45) is 4.55. The first-order chi connectivity index (χ1) is 12.3. The maximum atomic E-state index is 12.2. The molecule has 0 aliphatic heterocycles. The van der Waals surface area contributed by atoms with Crippen LogP contribution in [-0.4, -0.2) is 28.8 Å². The van der Waals surface area contributed by atoms with Gasteiger partial charge in [0.25, 0.3) is 5.91 Å². The zero-order chi connectivity index (χ0) is 17.5. The number of amides is 1. The lowest BCUT2D eigenvalue weighted by Crippen LogP contribution is -2.25. The van der Waals surface area contributed by atoms with E-state index in [1.54, 1.807) is 12.1 Å². The molecule has 1 aromatic heterocycles. The first-order valence-corrected chi connectivity index (χ1v) is 8.36. The van der Waals surface area contributed by atoms with Crippen LogP contribution in [0.15, 0.2) is 67.0 Å². The highest BCUT2D eigenvalue weighted by Crippen LogP contribution is 2.12. The first-order valence-electron chi connectivity index (χ1n) is 8.36. The van der Waals surface area contributed by atoms with Gasteiger partial charge in [-0.1, -0.05) is 18.2 Å². The van der Waals surface area contributed by atoms with E-state index >= 15 is 0 Å². The minimum atomic E-state index is -0.0847.